The van der Waals surface area contributed by atoms with Crippen LogP contribution in [0.4, 0.5) is 0 Å². The zero-order valence-corrected chi connectivity index (χ0v) is 16.8. The van der Waals surface area contributed by atoms with Gasteiger partial charge in [0.1, 0.15) is 0 Å². The van der Waals surface area contributed by atoms with Crippen LogP contribution in [-0.2, 0) is 11.2 Å². The molecule has 2 aliphatic rings. The third-order valence-electron chi connectivity index (χ3n) is 5.00. The molecule has 0 aliphatic carbocycles. The number of piperidine rings is 1. The van der Waals surface area contributed by atoms with E-state index in [2.05, 4.69) is 31.7 Å². The molecule has 2 unspecified atom stereocenters. The summed E-state index contributed by atoms with van der Waals surface area (Å²) >= 11 is 6.69. The lowest BCUT2D eigenvalue weighted by atomic mass is 9.85. The molecule has 4 nitrogen and oxygen atoms in total. The summed E-state index contributed by atoms with van der Waals surface area (Å²) in [5.74, 6) is 1.42. The molecule has 2 aliphatic heterocycles. The number of nitrogens with zero attached hydrogens (tertiary/aromatic N) is 1. The lowest BCUT2D eigenvalue weighted by Gasteiger charge is -2.45. The van der Waals surface area contributed by atoms with Gasteiger partial charge in [0.15, 0.2) is 11.5 Å². The maximum absolute atomic E-state index is 6.69. The van der Waals surface area contributed by atoms with Crippen LogP contribution >= 0.6 is 11.6 Å². The Morgan fingerprint density at radius 1 is 1.28 bits per heavy atom. The SMILES string of the molecule is CCOc1c(OC)cc2c(c1Cl)CCN1CC(OC(C)(C)C)CCC21. The van der Waals surface area contributed by atoms with Crippen molar-refractivity contribution in [3.63, 3.8) is 0 Å². The molecule has 2 atom stereocenters. The van der Waals surface area contributed by atoms with Crippen molar-refractivity contribution in [1.82, 2.24) is 4.90 Å². The Hall–Kier alpha value is -0.970. The third kappa shape index (κ3) is 3.91. The average molecular weight is 368 g/mol. The molecule has 0 amide bonds. The highest BCUT2D eigenvalue weighted by Crippen LogP contribution is 2.47. The lowest BCUT2D eigenvalue weighted by Crippen LogP contribution is -2.47. The normalized spacial score (nSPS) is 23.8. The Morgan fingerprint density at radius 2 is 2.04 bits per heavy atom. The van der Waals surface area contributed by atoms with Crippen LogP contribution in [0.15, 0.2) is 6.07 Å². The smallest absolute Gasteiger partial charge is 0.180 e. The van der Waals surface area contributed by atoms with Crippen LogP contribution < -0.4 is 9.47 Å². The molecule has 140 valence electrons. The van der Waals surface area contributed by atoms with Gasteiger partial charge in [-0.1, -0.05) is 11.6 Å². The van der Waals surface area contributed by atoms with E-state index >= 15 is 0 Å². The molecule has 1 fully saturated rings. The molecule has 0 N–H and O–H groups in total. The van der Waals surface area contributed by atoms with Gasteiger partial charge in [-0.25, -0.2) is 0 Å². The van der Waals surface area contributed by atoms with E-state index in [0.717, 1.165) is 43.1 Å². The minimum Gasteiger partial charge on any atom is -0.493 e. The van der Waals surface area contributed by atoms with Crippen molar-refractivity contribution >= 4 is 11.6 Å². The summed E-state index contributed by atoms with van der Waals surface area (Å²) in [6, 6.07) is 2.53. The molecule has 3 rings (SSSR count). The van der Waals surface area contributed by atoms with Crippen molar-refractivity contribution in [2.45, 2.75) is 64.7 Å². The molecule has 25 heavy (non-hydrogen) atoms. The van der Waals surface area contributed by atoms with Crippen molar-refractivity contribution in [3.05, 3.63) is 22.2 Å². The van der Waals surface area contributed by atoms with Crippen LogP contribution in [-0.4, -0.2) is 43.4 Å². The summed E-state index contributed by atoms with van der Waals surface area (Å²) in [4.78, 5) is 2.54. The molecule has 5 heteroatoms. The van der Waals surface area contributed by atoms with E-state index in [0.29, 0.717) is 24.5 Å². The first-order valence-electron chi connectivity index (χ1n) is 9.28. The molecule has 1 saturated heterocycles. The zero-order chi connectivity index (χ0) is 18.2. The van der Waals surface area contributed by atoms with E-state index in [9.17, 15) is 0 Å². The number of halogens is 1. The largest absolute Gasteiger partial charge is 0.493 e. The molecular formula is C20H30ClNO3. The van der Waals surface area contributed by atoms with Gasteiger partial charge in [0.25, 0.3) is 0 Å². The lowest BCUT2D eigenvalue weighted by molar-refractivity contribution is -0.0971. The van der Waals surface area contributed by atoms with Crippen molar-refractivity contribution in [1.29, 1.82) is 0 Å². The van der Waals surface area contributed by atoms with E-state index in [1.54, 1.807) is 7.11 Å². The van der Waals surface area contributed by atoms with Gasteiger partial charge in [-0.3, -0.25) is 4.90 Å². The fraction of sp³-hybridized carbons (Fsp3) is 0.700. The van der Waals surface area contributed by atoms with Crippen LogP contribution in [0.5, 0.6) is 11.5 Å². The predicted octanol–water partition coefficient (Wildman–Crippen LogP) is 4.62. The summed E-state index contributed by atoms with van der Waals surface area (Å²) in [6.07, 6.45) is 3.40. The van der Waals surface area contributed by atoms with Crippen LogP contribution in [0.3, 0.4) is 0 Å². The van der Waals surface area contributed by atoms with Gasteiger partial charge in [0.2, 0.25) is 0 Å². The number of hydrogen-bond acceptors (Lipinski definition) is 4. The number of rotatable bonds is 4. The minimum atomic E-state index is -0.0931. The highest BCUT2D eigenvalue weighted by Gasteiger charge is 2.37. The average Bonchev–Trinajstić information content (AvgIpc) is 2.55. The summed E-state index contributed by atoms with van der Waals surface area (Å²) in [7, 11) is 1.68. The standard InChI is InChI=1S/C20H30ClNO3/c1-6-24-19-17(23-5)11-15-14(18(19)21)9-10-22-12-13(7-8-16(15)22)25-20(2,3)4/h11,13,16H,6-10,12H2,1-5H3. The summed E-state index contributed by atoms with van der Waals surface area (Å²) < 4.78 is 17.5. The molecule has 2 heterocycles. The molecule has 0 radical (unpaired) electrons. The molecule has 1 aromatic carbocycles. The Labute approximate surface area is 156 Å². The van der Waals surface area contributed by atoms with Gasteiger partial charge < -0.3 is 14.2 Å². The fourth-order valence-corrected chi connectivity index (χ4v) is 4.46. The van der Waals surface area contributed by atoms with Crippen molar-refractivity contribution in [3.8, 4) is 11.5 Å². The first kappa shape index (κ1) is 18.8. The third-order valence-corrected chi connectivity index (χ3v) is 5.40. The maximum atomic E-state index is 6.69. The predicted molar refractivity (Wildman–Crippen MR) is 101 cm³/mol. The van der Waals surface area contributed by atoms with Crippen molar-refractivity contribution < 1.29 is 14.2 Å². The Kier molecular flexibility index (Phi) is 5.52. The minimum absolute atomic E-state index is 0.0931. The number of ether oxygens (including phenoxy) is 3. The summed E-state index contributed by atoms with van der Waals surface area (Å²) in [5, 5.41) is 0.726. The highest BCUT2D eigenvalue weighted by atomic mass is 35.5. The van der Waals surface area contributed by atoms with Crippen molar-refractivity contribution in [2.75, 3.05) is 26.8 Å². The number of benzene rings is 1. The fourth-order valence-electron chi connectivity index (χ4n) is 4.11. The summed E-state index contributed by atoms with van der Waals surface area (Å²) in [5.41, 5.74) is 2.43. The Bertz CT molecular complexity index is 626. The van der Waals surface area contributed by atoms with Crippen LogP contribution in [0.25, 0.3) is 0 Å². The Morgan fingerprint density at radius 3 is 2.68 bits per heavy atom. The monoisotopic (exact) mass is 367 g/mol. The van der Waals surface area contributed by atoms with Crippen LogP contribution in [0, 0.1) is 0 Å². The summed E-state index contributed by atoms with van der Waals surface area (Å²) in [6.45, 7) is 10.9. The Balaban J connectivity index is 1.86. The first-order valence-corrected chi connectivity index (χ1v) is 9.65. The van der Waals surface area contributed by atoms with E-state index < -0.39 is 0 Å². The second-order valence-electron chi connectivity index (χ2n) is 7.91. The van der Waals surface area contributed by atoms with Gasteiger partial charge in [0, 0.05) is 19.1 Å². The zero-order valence-electron chi connectivity index (χ0n) is 16.0. The van der Waals surface area contributed by atoms with Crippen LogP contribution in [0.1, 0.15) is 57.7 Å². The molecule has 0 bridgehead atoms. The van der Waals surface area contributed by atoms with Gasteiger partial charge in [0.05, 0.1) is 30.4 Å². The van der Waals surface area contributed by atoms with E-state index in [1.165, 1.54) is 11.1 Å². The van der Waals surface area contributed by atoms with Gasteiger partial charge in [-0.05, 0) is 64.2 Å². The van der Waals surface area contributed by atoms with Gasteiger partial charge in [-0.2, -0.15) is 0 Å². The quantitative estimate of drug-likeness (QED) is 0.776. The molecule has 0 aromatic heterocycles. The number of hydrogen-bond donors (Lipinski definition) is 0. The first-order chi connectivity index (χ1) is 11.8. The van der Waals surface area contributed by atoms with E-state index in [4.69, 9.17) is 25.8 Å². The number of fused-ring (bicyclic) bond motifs is 3. The van der Waals surface area contributed by atoms with Crippen LogP contribution in [0.2, 0.25) is 5.02 Å². The van der Waals surface area contributed by atoms with E-state index in [-0.39, 0.29) is 5.60 Å². The number of methoxy groups -OCH3 is 1. The van der Waals surface area contributed by atoms with E-state index in [1.807, 2.05) is 6.92 Å². The second kappa shape index (κ2) is 7.34. The second-order valence-corrected chi connectivity index (χ2v) is 8.29. The van der Waals surface area contributed by atoms with Crippen molar-refractivity contribution in [2.24, 2.45) is 0 Å². The highest BCUT2D eigenvalue weighted by molar-refractivity contribution is 6.33. The molecule has 1 aromatic rings. The van der Waals surface area contributed by atoms with Gasteiger partial charge >= 0.3 is 0 Å². The maximum Gasteiger partial charge on any atom is 0.180 e. The molecule has 0 saturated carbocycles. The molecule has 0 spiro atoms. The topological polar surface area (TPSA) is 30.9 Å². The molecular weight excluding hydrogens is 338 g/mol. The van der Waals surface area contributed by atoms with Gasteiger partial charge in [-0.15, -0.1) is 0 Å².